The minimum atomic E-state index is -0.452. The molecule has 1 aliphatic heterocycles. The highest BCUT2D eigenvalue weighted by molar-refractivity contribution is 6.55. The summed E-state index contributed by atoms with van der Waals surface area (Å²) in [5, 5.41) is 13.6. The summed E-state index contributed by atoms with van der Waals surface area (Å²) >= 11 is 0. The van der Waals surface area contributed by atoms with Crippen LogP contribution >= 0.6 is 0 Å². The third kappa shape index (κ3) is 3.10. The molecule has 0 aliphatic carbocycles. The number of halogens is 1. The molecule has 4 rings (SSSR count). The average molecular weight is 362 g/mol. The predicted octanol–water partition coefficient (Wildman–Crippen LogP) is 3.73. The first kappa shape index (κ1) is 16.7. The van der Waals surface area contributed by atoms with Crippen LogP contribution in [-0.2, 0) is 4.79 Å². The van der Waals surface area contributed by atoms with Crippen LogP contribution in [0.15, 0.2) is 65.8 Å². The van der Waals surface area contributed by atoms with Crippen LogP contribution in [0, 0.1) is 12.7 Å². The molecule has 1 amide bonds. The molecule has 0 atom stereocenters. The normalized spacial score (nSPS) is 14.5. The lowest BCUT2D eigenvalue weighted by Gasteiger charge is -2.16. The number of phenolic OH excluding ortho intramolecular Hbond substituents is 1. The van der Waals surface area contributed by atoms with Gasteiger partial charge < -0.3 is 5.11 Å². The van der Waals surface area contributed by atoms with E-state index in [1.807, 2.05) is 13.0 Å². The van der Waals surface area contributed by atoms with Crippen LogP contribution < -0.4 is 10.3 Å². The van der Waals surface area contributed by atoms with E-state index >= 15 is 0 Å². The molecule has 1 aromatic heterocycles. The second-order valence-corrected chi connectivity index (χ2v) is 6.06. The number of hydrogen-bond donors (Lipinski definition) is 2. The minimum absolute atomic E-state index is 0.127. The van der Waals surface area contributed by atoms with Gasteiger partial charge in [-0.2, -0.15) is 5.10 Å². The number of pyridine rings is 1. The van der Waals surface area contributed by atoms with E-state index in [2.05, 4.69) is 15.5 Å². The van der Waals surface area contributed by atoms with E-state index < -0.39 is 11.7 Å². The number of hydrogen-bond acceptors (Lipinski definition) is 5. The van der Waals surface area contributed by atoms with Crippen molar-refractivity contribution in [1.82, 2.24) is 4.98 Å². The Morgan fingerprint density at radius 1 is 1.11 bits per heavy atom. The maximum atomic E-state index is 13.8. The van der Waals surface area contributed by atoms with Crippen molar-refractivity contribution in [1.29, 1.82) is 0 Å². The number of amides is 1. The average Bonchev–Trinajstić information content (AvgIpc) is 2.92. The SMILES string of the molecule is Cc1cccc(N2C(=O)/C(=N\Nc3ccc(O)cc3)c3ccc(F)cc32)n1. The van der Waals surface area contributed by atoms with Gasteiger partial charge in [0.1, 0.15) is 17.4 Å². The Kier molecular flexibility index (Phi) is 4.04. The highest BCUT2D eigenvalue weighted by atomic mass is 19.1. The molecule has 2 aromatic carbocycles. The van der Waals surface area contributed by atoms with E-state index in [9.17, 15) is 14.3 Å². The number of benzene rings is 2. The molecule has 3 aromatic rings. The van der Waals surface area contributed by atoms with Crippen molar-refractivity contribution in [2.75, 3.05) is 10.3 Å². The number of rotatable bonds is 3. The maximum Gasteiger partial charge on any atom is 0.285 e. The number of hydrazone groups is 1. The Labute approximate surface area is 154 Å². The van der Waals surface area contributed by atoms with Crippen LogP contribution in [0.1, 0.15) is 11.3 Å². The molecule has 0 unspecified atom stereocenters. The summed E-state index contributed by atoms with van der Waals surface area (Å²) in [5.74, 6) is -0.323. The summed E-state index contributed by atoms with van der Waals surface area (Å²) in [6.45, 7) is 1.82. The molecule has 0 saturated heterocycles. The highest BCUT2D eigenvalue weighted by Crippen LogP contribution is 2.35. The third-order valence-corrected chi connectivity index (χ3v) is 4.13. The van der Waals surface area contributed by atoms with Crippen LogP contribution in [-0.4, -0.2) is 21.7 Å². The number of carbonyl (C=O) groups is 1. The van der Waals surface area contributed by atoms with E-state index in [1.165, 1.54) is 35.2 Å². The molecule has 0 bridgehead atoms. The third-order valence-electron chi connectivity index (χ3n) is 4.13. The molecular formula is C20H15FN4O2. The number of aryl methyl sites for hydroxylation is 1. The molecular weight excluding hydrogens is 347 g/mol. The Morgan fingerprint density at radius 2 is 1.89 bits per heavy atom. The molecule has 0 fully saturated rings. The van der Waals surface area contributed by atoms with Crippen molar-refractivity contribution in [2.45, 2.75) is 6.92 Å². The van der Waals surface area contributed by atoms with E-state index in [-0.39, 0.29) is 11.5 Å². The number of fused-ring (bicyclic) bond motifs is 1. The minimum Gasteiger partial charge on any atom is -0.508 e. The zero-order chi connectivity index (χ0) is 19.0. The molecule has 0 spiro atoms. The molecule has 7 heteroatoms. The largest absolute Gasteiger partial charge is 0.508 e. The van der Waals surface area contributed by atoms with Gasteiger partial charge in [0, 0.05) is 11.3 Å². The Morgan fingerprint density at radius 3 is 2.63 bits per heavy atom. The fourth-order valence-electron chi connectivity index (χ4n) is 2.87. The van der Waals surface area contributed by atoms with E-state index in [4.69, 9.17) is 0 Å². The molecule has 27 heavy (non-hydrogen) atoms. The zero-order valence-electron chi connectivity index (χ0n) is 14.3. The smallest absolute Gasteiger partial charge is 0.285 e. The first-order valence-corrected chi connectivity index (χ1v) is 8.24. The van der Waals surface area contributed by atoms with Gasteiger partial charge in [0.15, 0.2) is 5.71 Å². The van der Waals surface area contributed by atoms with E-state index in [0.717, 1.165) is 5.69 Å². The van der Waals surface area contributed by atoms with Crippen molar-refractivity contribution < 1.29 is 14.3 Å². The predicted molar refractivity (Wildman–Crippen MR) is 101 cm³/mol. The van der Waals surface area contributed by atoms with E-state index in [1.54, 1.807) is 24.3 Å². The zero-order valence-corrected chi connectivity index (χ0v) is 14.3. The summed E-state index contributed by atoms with van der Waals surface area (Å²) in [7, 11) is 0. The number of carbonyl (C=O) groups excluding carboxylic acids is 1. The van der Waals surface area contributed by atoms with Crippen molar-refractivity contribution in [3.63, 3.8) is 0 Å². The lowest BCUT2D eigenvalue weighted by molar-refractivity contribution is -0.111. The number of nitrogens with one attached hydrogen (secondary N) is 1. The first-order valence-electron chi connectivity index (χ1n) is 8.24. The maximum absolute atomic E-state index is 13.8. The van der Waals surface area contributed by atoms with Crippen LogP contribution in [0.25, 0.3) is 0 Å². The fourth-order valence-corrected chi connectivity index (χ4v) is 2.87. The quantitative estimate of drug-likeness (QED) is 0.550. The summed E-state index contributed by atoms with van der Waals surface area (Å²) in [5.41, 5.74) is 5.20. The van der Waals surface area contributed by atoms with Gasteiger partial charge in [0.25, 0.3) is 5.91 Å². The second-order valence-electron chi connectivity index (χ2n) is 6.06. The number of anilines is 3. The molecule has 1 aliphatic rings. The number of aromatic nitrogens is 1. The van der Waals surface area contributed by atoms with Gasteiger partial charge in [-0.15, -0.1) is 0 Å². The van der Waals surface area contributed by atoms with Gasteiger partial charge in [-0.25, -0.2) is 9.37 Å². The van der Waals surface area contributed by atoms with Crippen LogP contribution in [0.2, 0.25) is 0 Å². The van der Waals surface area contributed by atoms with Gasteiger partial charge in [0.2, 0.25) is 0 Å². The standard InChI is InChI=1S/C20H15FN4O2/c1-12-3-2-4-18(22-12)25-17-11-13(21)5-10-16(17)19(20(25)27)24-23-14-6-8-15(26)9-7-14/h2-11,23,26H,1H3/b24-19-. The van der Waals surface area contributed by atoms with E-state index in [0.29, 0.717) is 22.8 Å². The second kappa shape index (κ2) is 6.53. The van der Waals surface area contributed by atoms with Crippen molar-refractivity contribution in [3.8, 4) is 5.75 Å². The topological polar surface area (TPSA) is 77.8 Å². The molecule has 134 valence electrons. The van der Waals surface area contributed by atoms with Crippen LogP contribution in [0.5, 0.6) is 5.75 Å². The summed E-state index contributed by atoms with van der Waals surface area (Å²) in [4.78, 5) is 18.7. The van der Waals surface area contributed by atoms with Crippen molar-refractivity contribution in [2.24, 2.45) is 5.10 Å². The molecule has 0 radical (unpaired) electrons. The van der Waals surface area contributed by atoms with Crippen LogP contribution in [0.4, 0.5) is 21.6 Å². The number of phenols is 1. The van der Waals surface area contributed by atoms with Gasteiger partial charge in [-0.05, 0) is 61.5 Å². The molecule has 2 heterocycles. The van der Waals surface area contributed by atoms with Gasteiger partial charge in [-0.3, -0.25) is 15.1 Å². The van der Waals surface area contributed by atoms with Gasteiger partial charge >= 0.3 is 0 Å². The fraction of sp³-hybridized carbons (Fsp3) is 0.0500. The Balaban J connectivity index is 1.76. The monoisotopic (exact) mass is 362 g/mol. The molecule has 2 N–H and O–H groups in total. The van der Waals surface area contributed by atoms with Crippen molar-refractivity contribution >= 4 is 28.8 Å². The molecule has 0 saturated carbocycles. The van der Waals surface area contributed by atoms with Crippen LogP contribution in [0.3, 0.4) is 0 Å². The lowest BCUT2D eigenvalue weighted by atomic mass is 10.1. The van der Waals surface area contributed by atoms with Gasteiger partial charge in [-0.1, -0.05) is 6.07 Å². The highest BCUT2D eigenvalue weighted by Gasteiger charge is 2.36. The number of nitrogens with zero attached hydrogens (tertiary/aromatic N) is 3. The Hall–Kier alpha value is -3.74. The summed E-state index contributed by atoms with van der Waals surface area (Å²) in [6.07, 6.45) is 0. The lowest BCUT2D eigenvalue weighted by Crippen LogP contribution is -2.27. The van der Waals surface area contributed by atoms with Gasteiger partial charge in [0.05, 0.1) is 11.4 Å². The first-order chi connectivity index (χ1) is 13.0. The Bertz CT molecular complexity index is 1060. The summed E-state index contributed by atoms with van der Waals surface area (Å²) in [6, 6.07) is 15.7. The number of aromatic hydroxyl groups is 1. The molecule has 6 nitrogen and oxygen atoms in total. The summed E-state index contributed by atoms with van der Waals surface area (Å²) < 4.78 is 13.8. The van der Waals surface area contributed by atoms with Crippen molar-refractivity contribution in [3.05, 3.63) is 77.7 Å².